The van der Waals surface area contributed by atoms with Gasteiger partial charge in [0.05, 0.1) is 12.2 Å². The van der Waals surface area contributed by atoms with Crippen molar-refractivity contribution in [3.63, 3.8) is 0 Å². The second-order valence-electron chi connectivity index (χ2n) is 5.19. The van der Waals surface area contributed by atoms with Crippen LogP contribution in [0, 0.1) is 0 Å². The topological polar surface area (TPSA) is 70.1 Å². The first-order valence-corrected chi connectivity index (χ1v) is 6.72. The molecule has 0 spiro atoms. The van der Waals surface area contributed by atoms with Crippen LogP contribution in [0.25, 0.3) is 0 Å². The fourth-order valence-corrected chi connectivity index (χ4v) is 2.21. The number of aliphatic hydroxyl groups is 1. The van der Waals surface area contributed by atoms with Crippen LogP contribution in [0.15, 0.2) is 0 Å². The second-order valence-corrected chi connectivity index (χ2v) is 5.19. The van der Waals surface area contributed by atoms with Gasteiger partial charge in [0.1, 0.15) is 0 Å². The Hall–Kier alpha value is -1.30. The van der Waals surface area contributed by atoms with Crippen molar-refractivity contribution >= 4 is 12.0 Å². The van der Waals surface area contributed by atoms with Gasteiger partial charge in [0.15, 0.2) is 0 Å². The predicted molar refractivity (Wildman–Crippen MR) is 70.7 cm³/mol. The van der Waals surface area contributed by atoms with E-state index < -0.39 is 5.60 Å². The van der Waals surface area contributed by atoms with E-state index in [9.17, 15) is 14.7 Å². The summed E-state index contributed by atoms with van der Waals surface area (Å²) in [5.41, 5.74) is -0.851. The standard InChI is InChI=1S/C13H24N2O4/c1-4-19-11(16)5-6-13(18)7-9-15(10-8-13)12(17)14(2)3/h18H,4-10H2,1-3H3. The molecule has 1 aliphatic heterocycles. The zero-order valence-electron chi connectivity index (χ0n) is 12.0. The molecule has 6 heteroatoms. The van der Waals surface area contributed by atoms with E-state index >= 15 is 0 Å². The van der Waals surface area contributed by atoms with Crippen LogP contribution < -0.4 is 0 Å². The fraction of sp³-hybridized carbons (Fsp3) is 0.846. The third kappa shape index (κ3) is 4.70. The first-order valence-electron chi connectivity index (χ1n) is 6.72. The summed E-state index contributed by atoms with van der Waals surface area (Å²) in [5.74, 6) is -0.275. The average Bonchev–Trinajstić information content (AvgIpc) is 2.37. The molecule has 0 radical (unpaired) electrons. The molecule has 0 aromatic rings. The highest BCUT2D eigenvalue weighted by Gasteiger charge is 2.34. The third-order valence-corrected chi connectivity index (χ3v) is 3.45. The van der Waals surface area contributed by atoms with Crippen LogP contribution in [-0.4, -0.2) is 66.3 Å². The van der Waals surface area contributed by atoms with Crippen molar-refractivity contribution in [1.82, 2.24) is 9.80 Å². The van der Waals surface area contributed by atoms with Gasteiger partial charge in [0, 0.05) is 33.6 Å². The average molecular weight is 272 g/mol. The van der Waals surface area contributed by atoms with Crippen LogP contribution >= 0.6 is 0 Å². The number of hydrogen-bond acceptors (Lipinski definition) is 4. The fourth-order valence-electron chi connectivity index (χ4n) is 2.21. The van der Waals surface area contributed by atoms with E-state index in [0.29, 0.717) is 39.0 Å². The molecule has 1 N–H and O–H groups in total. The van der Waals surface area contributed by atoms with Crippen molar-refractivity contribution in [3.8, 4) is 0 Å². The number of rotatable bonds is 4. The normalized spacial score (nSPS) is 18.0. The van der Waals surface area contributed by atoms with Gasteiger partial charge in [-0.25, -0.2) is 4.79 Å². The molecule has 1 rings (SSSR count). The summed E-state index contributed by atoms with van der Waals surface area (Å²) >= 11 is 0. The van der Waals surface area contributed by atoms with Gasteiger partial charge >= 0.3 is 12.0 Å². The van der Waals surface area contributed by atoms with Crippen LogP contribution in [0.5, 0.6) is 0 Å². The lowest BCUT2D eigenvalue weighted by Crippen LogP contribution is -2.49. The quantitative estimate of drug-likeness (QED) is 0.770. The van der Waals surface area contributed by atoms with Crippen molar-refractivity contribution in [3.05, 3.63) is 0 Å². The van der Waals surface area contributed by atoms with Crippen LogP contribution in [0.2, 0.25) is 0 Å². The number of piperidine rings is 1. The first kappa shape index (κ1) is 15.8. The summed E-state index contributed by atoms with van der Waals surface area (Å²) < 4.78 is 4.85. The molecule has 0 unspecified atom stereocenters. The summed E-state index contributed by atoms with van der Waals surface area (Å²) in [5, 5.41) is 10.4. The van der Waals surface area contributed by atoms with E-state index in [-0.39, 0.29) is 18.4 Å². The maximum absolute atomic E-state index is 11.8. The van der Waals surface area contributed by atoms with Crippen molar-refractivity contribution in [1.29, 1.82) is 0 Å². The second kappa shape index (κ2) is 6.75. The maximum Gasteiger partial charge on any atom is 0.319 e. The molecule has 0 aromatic heterocycles. The number of urea groups is 1. The van der Waals surface area contributed by atoms with Crippen LogP contribution in [-0.2, 0) is 9.53 Å². The first-order chi connectivity index (χ1) is 8.88. The van der Waals surface area contributed by atoms with Crippen LogP contribution in [0.4, 0.5) is 4.79 Å². The minimum absolute atomic E-state index is 0.0348. The summed E-state index contributed by atoms with van der Waals surface area (Å²) in [6.07, 6.45) is 1.64. The number of amides is 2. The van der Waals surface area contributed by atoms with Crippen molar-refractivity contribution in [2.75, 3.05) is 33.8 Å². The highest BCUT2D eigenvalue weighted by molar-refractivity contribution is 5.74. The Balaban J connectivity index is 2.39. The highest BCUT2D eigenvalue weighted by Crippen LogP contribution is 2.27. The SMILES string of the molecule is CCOC(=O)CCC1(O)CCN(C(=O)N(C)C)CC1. The molecule has 0 aromatic carbocycles. The Bertz CT molecular complexity index is 323. The lowest BCUT2D eigenvalue weighted by atomic mass is 9.87. The van der Waals surface area contributed by atoms with Gasteiger partial charge in [0.2, 0.25) is 0 Å². The number of likely N-dealkylation sites (tertiary alicyclic amines) is 1. The monoisotopic (exact) mass is 272 g/mol. The number of carbonyl (C=O) groups excluding carboxylic acids is 2. The van der Waals surface area contributed by atoms with Crippen LogP contribution in [0.3, 0.4) is 0 Å². The van der Waals surface area contributed by atoms with Gasteiger partial charge < -0.3 is 19.6 Å². The number of nitrogens with zero attached hydrogens (tertiary/aromatic N) is 2. The molecule has 0 bridgehead atoms. The number of hydrogen-bond donors (Lipinski definition) is 1. The lowest BCUT2D eigenvalue weighted by molar-refractivity contribution is -0.145. The van der Waals surface area contributed by atoms with E-state index in [1.807, 2.05) is 0 Å². The van der Waals surface area contributed by atoms with Crippen molar-refractivity contribution in [2.24, 2.45) is 0 Å². The molecular weight excluding hydrogens is 248 g/mol. The molecule has 1 aliphatic rings. The summed E-state index contributed by atoms with van der Waals surface area (Å²) in [6, 6.07) is -0.0348. The number of carbonyl (C=O) groups is 2. The zero-order valence-corrected chi connectivity index (χ0v) is 12.0. The van der Waals surface area contributed by atoms with Gasteiger partial charge in [-0.3, -0.25) is 4.79 Å². The van der Waals surface area contributed by atoms with E-state index in [4.69, 9.17) is 4.74 Å². The Labute approximate surface area is 114 Å². The van der Waals surface area contributed by atoms with Gasteiger partial charge in [0.25, 0.3) is 0 Å². The smallest absolute Gasteiger partial charge is 0.319 e. The zero-order chi connectivity index (χ0) is 14.5. The number of ether oxygens (including phenoxy) is 1. The van der Waals surface area contributed by atoms with E-state index in [1.165, 1.54) is 4.90 Å². The van der Waals surface area contributed by atoms with Crippen molar-refractivity contribution in [2.45, 2.75) is 38.2 Å². The van der Waals surface area contributed by atoms with Gasteiger partial charge in [-0.05, 0) is 26.2 Å². The molecule has 1 saturated heterocycles. The Morgan fingerprint density at radius 2 is 1.89 bits per heavy atom. The van der Waals surface area contributed by atoms with Gasteiger partial charge in [-0.1, -0.05) is 0 Å². The highest BCUT2D eigenvalue weighted by atomic mass is 16.5. The lowest BCUT2D eigenvalue weighted by Gasteiger charge is -2.39. The molecule has 110 valence electrons. The summed E-state index contributed by atoms with van der Waals surface area (Å²) in [4.78, 5) is 26.3. The molecule has 0 saturated carbocycles. The van der Waals surface area contributed by atoms with E-state index in [2.05, 4.69) is 0 Å². The minimum atomic E-state index is -0.851. The molecule has 19 heavy (non-hydrogen) atoms. The Morgan fingerprint density at radius 1 is 1.32 bits per heavy atom. The molecule has 2 amide bonds. The maximum atomic E-state index is 11.8. The van der Waals surface area contributed by atoms with E-state index in [0.717, 1.165) is 0 Å². The molecular formula is C13H24N2O4. The van der Waals surface area contributed by atoms with Gasteiger partial charge in [-0.2, -0.15) is 0 Å². The molecule has 0 atom stereocenters. The Morgan fingerprint density at radius 3 is 2.37 bits per heavy atom. The Kier molecular flexibility index (Phi) is 5.60. The van der Waals surface area contributed by atoms with Gasteiger partial charge in [-0.15, -0.1) is 0 Å². The van der Waals surface area contributed by atoms with Crippen molar-refractivity contribution < 1.29 is 19.4 Å². The molecule has 1 heterocycles. The summed E-state index contributed by atoms with van der Waals surface area (Å²) in [7, 11) is 3.42. The predicted octanol–water partition coefficient (Wildman–Crippen LogP) is 0.838. The summed E-state index contributed by atoms with van der Waals surface area (Å²) in [6.45, 7) is 3.17. The third-order valence-electron chi connectivity index (χ3n) is 3.45. The van der Waals surface area contributed by atoms with Crippen LogP contribution in [0.1, 0.15) is 32.6 Å². The molecule has 1 fully saturated rings. The largest absolute Gasteiger partial charge is 0.466 e. The number of esters is 1. The molecule has 0 aliphatic carbocycles. The molecule has 6 nitrogen and oxygen atoms in total. The van der Waals surface area contributed by atoms with E-state index in [1.54, 1.807) is 25.9 Å². The minimum Gasteiger partial charge on any atom is -0.466 e.